The van der Waals surface area contributed by atoms with E-state index >= 15 is 0 Å². The fourth-order valence-electron chi connectivity index (χ4n) is 2.84. The number of fused-ring (bicyclic) bond motifs is 1. The van der Waals surface area contributed by atoms with E-state index in [0.717, 1.165) is 35.4 Å². The van der Waals surface area contributed by atoms with Crippen LogP contribution in [0.5, 0.6) is 0 Å². The number of allylic oxidation sites excluding steroid dienone is 1. The maximum atomic E-state index is 12.5. The molecule has 0 saturated heterocycles. The zero-order valence-corrected chi connectivity index (χ0v) is 13.1. The number of rotatable bonds is 5. The molecule has 3 nitrogen and oxygen atoms in total. The molecule has 1 aliphatic rings. The van der Waals surface area contributed by atoms with E-state index in [1.165, 1.54) is 0 Å². The van der Waals surface area contributed by atoms with Gasteiger partial charge < -0.3 is 4.90 Å². The molecule has 116 valence electrons. The summed E-state index contributed by atoms with van der Waals surface area (Å²) < 4.78 is 0. The predicted octanol–water partition coefficient (Wildman–Crippen LogP) is 3.84. The van der Waals surface area contributed by atoms with Crippen LogP contribution in [0.25, 0.3) is 0 Å². The van der Waals surface area contributed by atoms with Crippen molar-refractivity contribution in [3.8, 4) is 0 Å². The van der Waals surface area contributed by atoms with Crippen molar-refractivity contribution >= 4 is 17.3 Å². The van der Waals surface area contributed by atoms with Gasteiger partial charge in [-0.2, -0.15) is 0 Å². The molecule has 0 saturated carbocycles. The quantitative estimate of drug-likeness (QED) is 0.610. The van der Waals surface area contributed by atoms with Crippen LogP contribution in [0.1, 0.15) is 24.0 Å². The van der Waals surface area contributed by atoms with E-state index in [1.54, 1.807) is 0 Å². The monoisotopic (exact) mass is 304 g/mol. The highest BCUT2D eigenvalue weighted by Crippen LogP contribution is 2.27. The number of hydrogen-bond donors (Lipinski definition) is 0. The molecule has 0 radical (unpaired) electrons. The first-order valence-electron chi connectivity index (χ1n) is 7.92. The predicted molar refractivity (Wildman–Crippen MR) is 95.2 cm³/mol. The number of benzodiazepines with no additional fused rings is 1. The number of para-hydroxylation sites is 1. The standard InChI is InChI=1S/C20H20N2O/c1-2-3-9-14-22-18-13-8-7-12-17(18)20(21-15-19(22)23)16-10-5-4-6-11-16/h2,4-8,10-13H,1,3,9,14-15H2. The number of amides is 1. The van der Waals surface area contributed by atoms with Crippen molar-refractivity contribution < 1.29 is 4.79 Å². The van der Waals surface area contributed by atoms with Gasteiger partial charge in [-0.25, -0.2) is 0 Å². The van der Waals surface area contributed by atoms with Gasteiger partial charge in [-0.3, -0.25) is 9.79 Å². The number of carbonyl (C=O) groups excluding carboxylic acids is 1. The number of unbranched alkanes of at least 4 members (excludes halogenated alkanes) is 1. The Morgan fingerprint density at radius 2 is 1.83 bits per heavy atom. The van der Waals surface area contributed by atoms with Crippen molar-refractivity contribution in [1.29, 1.82) is 0 Å². The fraction of sp³-hybridized carbons (Fsp3) is 0.200. The topological polar surface area (TPSA) is 32.7 Å². The Balaban J connectivity index is 2.02. The van der Waals surface area contributed by atoms with Gasteiger partial charge in [0.2, 0.25) is 5.91 Å². The average Bonchev–Trinajstić information content (AvgIpc) is 2.73. The minimum absolute atomic E-state index is 0.0486. The lowest BCUT2D eigenvalue weighted by Gasteiger charge is -2.22. The van der Waals surface area contributed by atoms with E-state index in [9.17, 15) is 4.79 Å². The number of aliphatic imine (C=N–C) groups is 1. The largest absolute Gasteiger partial charge is 0.310 e. The van der Waals surface area contributed by atoms with E-state index in [1.807, 2.05) is 65.6 Å². The van der Waals surface area contributed by atoms with Crippen LogP contribution in [0.15, 0.2) is 72.2 Å². The smallest absolute Gasteiger partial charge is 0.248 e. The summed E-state index contributed by atoms with van der Waals surface area (Å²) in [6.45, 7) is 4.63. The lowest BCUT2D eigenvalue weighted by molar-refractivity contribution is -0.117. The molecule has 23 heavy (non-hydrogen) atoms. The van der Waals surface area contributed by atoms with Crippen LogP contribution in [-0.2, 0) is 4.79 Å². The summed E-state index contributed by atoms with van der Waals surface area (Å²) >= 11 is 0. The van der Waals surface area contributed by atoms with Gasteiger partial charge in [0.05, 0.1) is 11.4 Å². The van der Waals surface area contributed by atoms with E-state index < -0.39 is 0 Å². The molecule has 0 unspecified atom stereocenters. The molecule has 2 aromatic rings. The summed E-state index contributed by atoms with van der Waals surface area (Å²) in [6, 6.07) is 18.1. The second-order valence-corrected chi connectivity index (χ2v) is 5.52. The van der Waals surface area contributed by atoms with Gasteiger partial charge in [0.1, 0.15) is 6.54 Å². The van der Waals surface area contributed by atoms with E-state index in [4.69, 9.17) is 0 Å². The first-order chi connectivity index (χ1) is 11.3. The SMILES string of the molecule is C=CCCCN1C(=O)CN=C(c2ccccc2)c2ccccc21. The maximum Gasteiger partial charge on any atom is 0.248 e. The minimum Gasteiger partial charge on any atom is -0.310 e. The third kappa shape index (κ3) is 3.24. The zero-order valence-electron chi connectivity index (χ0n) is 13.1. The molecule has 3 rings (SSSR count). The van der Waals surface area contributed by atoms with E-state index in [2.05, 4.69) is 11.6 Å². The van der Waals surface area contributed by atoms with Crippen LogP contribution in [0.2, 0.25) is 0 Å². The molecule has 0 bridgehead atoms. The van der Waals surface area contributed by atoms with Gasteiger partial charge in [0, 0.05) is 17.7 Å². The van der Waals surface area contributed by atoms with Crippen LogP contribution in [0, 0.1) is 0 Å². The number of nitrogens with zero attached hydrogens (tertiary/aromatic N) is 2. The number of benzene rings is 2. The van der Waals surface area contributed by atoms with E-state index in [0.29, 0.717) is 6.54 Å². The van der Waals surface area contributed by atoms with Crippen LogP contribution in [0.4, 0.5) is 5.69 Å². The van der Waals surface area contributed by atoms with Gasteiger partial charge >= 0.3 is 0 Å². The van der Waals surface area contributed by atoms with Crippen molar-refractivity contribution in [1.82, 2.24) is 0 Å². The van der Waals surface area contributed by atoms with Gasteiger partial charge in [0.15, 0.2) is 0 Å². The molecular formula is C20H20N2O. The Morgan fingerprint density at radius 3 is 2.61 bits per heavy atom. The van der Waals surface area contributed by atoms with Crippen molar-refractivity contribution in [3.63, 3.8) is 0 Å². The second-order valence-electron chi connectivity index (χ2n) is 5.52. The van der Waals surface area contributed by atoms with Crippen molar-refractivity contribution in [2.75, 3.05) is 18.0 Å². The molecule has 1 aliphatic heterocycles. The van der Waals surface area contributed by atoms with Gasteiger partial charge in [-0.15, -0.1) is 6.58 Å². The van der Waals surface area contributed by atoms with Crippen molar-refractivity contribution in [2.24, 2.45) is 4.99 Å². The molecule has 0 fully saturated rings. The van der Waals surface area contributed by atoms with Crippen LogP contribution < -0.4 is 4.90 Å². The number of carbonyl (C=O) groups is 1. The van der Waals surface area contributed by atoms with Crippen molar-refractivity contribution in [2.45, 2.75) is 12.8 Å². The molecule has 1 amide bonds. The average molecular weight is 304 g/mol. The summed E-state index contributed by atoms with van der Waals surface area (Å²) in [4.78, 5) is 19.0. The molecule has 3 heteroatoms. The summed E-state index contributed by atoms with van der Waals surface area (Å²) in [5.41, 5.74) is 3.89. The van der Waals surface area contributed by atoms with Gasteiger partial charge in [-0.1, -0.05) is 54.6 Å². The van der Waals surface area contributed by atoms with Crippen LogP contribution in [-0.4, -0.2) is 24.7 Å². The first kappa shape index (κ1) is 15.2. The third-order valence-electron chi connectivity index (χ3n) is 3.96. The molecule has 0 aliphatic carbocycles. The second kappa shape index (κ2) is 7.05. The lowest BCUT2D eigenvalue weighted by atomic mass is 10.00. The van der Waals surface area contributed by atoms with Gasteiger partial charge in [-0.05, 0) is 18.9 Å². The molecule has 0 aromatic heterocycles. The van der Waals surface area contributed by atoms with Crippen molar-refractivity contribution in [3.05, 3.63) is 78.4 Å². The minimum atomic E-state index is 0.0486. The Kier molecular flexibility index (Phi) is 4.67. The normalized spacial score (nSPS) is 14.0. The fourth-order valence-corrected chi connectivity index (χ4v) is 2.84. The zero-order chi connectivity index (χ0) is 16.1. The first-order valence-corrected chi connectivity index (χ1v) is 7.92. The molecule has 2 aromatic carbocycles. The molecular weight excluding hydrogens is 284 g/mol. The molecule has 0 spiro atoms. The summed E-state index contributed by atoms with van der Waals surface area (Å²) in [5, 5.41) is 0. The van der Waals surface area contributed by atoms with Crippen LogP contribution in [0.3, 0.4) is 0 Å². The Labute approximate surface area is 137 Å². The highest BCUT2D eigenvalue weighted by atomic mass is 16.2. The molecule has 0 N–H and O–H groups in total. The summed E-state index contributed by atoms with van der Waals surface area (Å²) in [6.07, 6.45) is 3.70. The number of anilines is 1. The van der Waals surface area contributed by atoms with E-state index in [-0.39, 0.29) is 12.5 Å². The number of hydrogen-bond acceptors (Lipinski definition) is 2. The maximum absolute atomic E-state index is 12.5. The highest BCUT2D eigenvalue weighted by molar-refractivity contribution is 6.19. The lowest BCUT2D eigenvalue weighted by Crippen LogP contribution is -2.33. The van der Waals surface area contributed by atoms with Crippen LogP contribution >= 0.6 is 0 Å². The summed E-state index contributed by atoms with van der Waals surface area (Å²) in [7, 11) is 0. The Hall–Kier alpha value is -2.68. The summed E-state index contributed by atoms with van der Waals surface area (Å²) in [5.74, 6) is 0.0486. The third-order valence-corrected chi connectivity index (χ3v) is 3.96. The van der Waals surface area contributed by atoms with Gasteiger partial charge in [0.25, 0.3) is 0 Å². The molecule has 1 heterocycles. The molecule has 0 atom stereocenters. The Bertz CT molecular complexity index is 734. The Morgan fingerprint density at radius 1 is 1.09 bits per heavy atom. The highest BCUT2D eigenvalue weighted by Gasteiger charge is 2.24.